The van der Waals surface area contributed by atoms with Gasteiger partial charge in [-0.25, -0.2) is 9.78 Å². The van der Waals surface area contributed by atoms with Crippen molar-refractivity contribution in [3.05, 3.63) is 23.5 Å². The molecule has 4 N–H and O–H groups in total. The van der Waals surface area contributed by atoms with Gasteiger partial charge in [0.1, 0.15) is 17.3 Å². The molecule has 0 bridgehead atoms. The summed E-state index contributed by atoms with van der Waals surface area (Å²) in [5.41, 5.74) is 0.906. The number of fused-ring (bicyclic) bond motifs is 1. The highest BCUT2D eigenvalue weighted by Gasteiger charge is 2.23. The molecule has 0 atom stereocenters. The third kappa shape index (κ3) is 4.14. The standard InChI is InChI=1S/C16H19N7O4/c1-17-15(25)11(18-8-24)5-9-7-19-23-13(20-10-3-4-10)6-12(21-14(9)23)22-16(26)27-2/h5-8,10,20H,3-4H2,1-2H3,(H,17,25)(H,18,24)(H,21,22,26)/b11-5-. The summed E-state index contributed by atoms with van der Waals surface area (Å²) in [6.07, 6.45) is 4.80. The molecule has 27 heavy (non-hydrogen) atoms. The topological polar surface area (TPSA) is 139 Å². The Morgan fingerprint density at radius 2 is 2.15 bits per heavy atom. The van der Waals surface area contributed by atoms with Crippen molar-refractivity contribution in [2.24, 2.45) is 0 Å². The molecule has 2 aromatic rings. The molecule has 11 nitrogen and oxygen atoms in total. The lowest BCUT2D eigenvalue weighted by Gasteiger charge is -2.10. The van der Waals surface area contributed by atoms with Crippen molar-refractivity contribution in [2.75, 3.05) is 24.8 Å². The van der Waals surface area contributed by atoms with Crippen LogP contribution in [0.3, 0.4) is 0 Å². The number of aromatic nitrogens is 3. The lowest BCUT2D eigenvalue weighted by Crippen LogP contribution is -2.28. The Hall–Kier alpha value is -3.63. The lowest BCUT2D eigenvalue weighted by atomic mass is 10.2. The van der Waals surface area contributed by atoms with E-state index in [0.717, 1.165) is 12.8 Å². The maximum absolute atomic E-state index is 11.9. The highest BCUT2D eigenvalue weighted by Crippen LogP contribution is 2.27. The van der Waals surface area contributed by atoms with Crippen LogP contribution in [0, 0.1) is 0 Å². The molecule has 0 radical (unpaired) electrons. The molecule has 11 heteroatoms. The Kier molecular flexibility index (Phi) is 5.20. The van der Waals surface area contributed by atoms with Gasteiger partial charge in [0.15, 0.2) is 5.65 Å². The van der Waals surface area contributed by atoms with Crippen LogP contribution in [0.25, 0.3) is 11.7 Å². The molecule has 1 aliphatic carbocycles. The first-order valence-corrected chi connectivity index (χ1v) is 8.20. The first-order valence-electron chi connectivity index (χ1n) is 8.20. The van der Waals surface area contributed by atoms with Gasteiger partial charge in [-0.3, -0.25) is 14.9 Å². The predicted octanol–water partition coefficient (Wildman–Crippen LogP) is 0.315. The predicted molar refractivity (Wildman–Crippen MR) is 96.9 cm³/mol. The van der Waals surface area contributed by atoms with Gasteiger partial charge >= 0.3 is 6.09 Å². The van der Waals surface area contributed by atoms with E-state index < -0.39 is 12.0 Å². The van der Waals surface area contributed by atoms with E-state index in [1.807, 2.05) is 0 Å². The van der Waals surface area contributed by atoms with Crippen LogP contribution in [0.15, 0.2) is 18.0 Å². The Labute approximate surface area is 154 Å². The van der Waals surface area contributed by atoms with E-state index in [1.54, 1.807) is 10.6 Å². The molecule has 3 amide bonds. The van der Waals surface area contributed by atoms with Gasteiger partial charge in [-0.15, -0.1) is 0 Å². The molecule has 2 heterocycles. The minimum absolute atomic E-state index is 0.0345. The van der Waals surface area contributed by atoms with Gasteiger partial charge in [-0.05, 0) is 18.9 Å². The quantitative estimate of drug-likeness (QED) is 0.405. The van der Waals surface area contributed by atoms with Gasteiger partial charge in [-0.2, -0.15) is 9.61 Å². The van der Waals surface area contributed by atoms with Crippen LogP contribution in [0.2, 0.25) is 0 Å². The zero-order valence-corrected chi connectivity index (χ0v) is 14.8. The summed E-state index contributed by atoms with van der Waals surface area (Å²) in [4.78, 5) is 38.6. The molecule has 0 aromatic carbocycles. The number of carbonyl (C=O) groups excluding carboxylic acids is 3. The SMILES string of the molecule is CNC(=O)/C(=C/c1cnn2c(NC3CC3)cc(NC(=O)OC)nc12)NC=O. The van der Waals surface area contributed by atoms with Crippen LogP contribution < -0.4 is 21.3 Å². The Balaban J connectivity index is 2.07. The fourth-order valence-corrected chi connectivity index (χ4v) is 2.37. The number of nitrogens with one attached hydrogen (secondary N) is 4. The number of carbonyl (C=O) groups is 3. The monoisotopic (exact) mass is 373 g/mol. The third-order valence-electron chi connectivity index (χ3n) is 3.83. The molecule has 0 aliphatic heterocycles. The number of hydrogen-bond donors (Lipinski definition) is 4. The number of likely N-dealkylation sites (N-methyl/N-ethyl adjacent to an activating group) is 1. The molecule has 0 unspecified atom stereocenters. The van der Waals surface area contributed by atoms with Gasteiger partial charge in [0.25, 0.3) is 5.91 Å². The first kappa shape index (κ1) is 18.2. The molecule has 142 valence electrons. The van der Waals surface area contributed by atoms with E-state index in [-0.39, 0.29) is 11.5 Å². The molecular weight excluding hydrogens is 354 g/mol. The van der Waals surface area contributed by atoms with Crippen LogP contribution in [-0.2, 0) is 14.3 Å². The van der Waals surface area contributed by atoms with E-state index in [2.05, 4.69) is 36.1 Å². The average Bonchev–Trinajstić information content (AvgIpc) is 3.39. The number of nitrogens with zero attached hydrogens (tertiary/aromatic N) is 3. The van der Waals surface area contributed by atoms with Crippen molar-refractivity contribution in [3.8, 4) is 0 Å². The van der Waals surface area contributed by atoms with Crippen molar-refractivity contribution in [2.45, 2.75) is 18.9 Å². The summed E-state index contributed by atoms with van der Waals surface area (Å²) in [7, 11) is 2.71. The minimum atomic E-state index is -0.658. The van der Waals surface area contributed by atoms with Gasteiger partial charge in [0, 0.05) is 24.7 Å². The second-order valence-electron chi connectivity index (χ2n) is 5.80. The lowest BCUT2D eigenvalue weighted by molar-refractivity contribution is -0.118. The second kappa shape index (κ2) is 7.72. The summed E-state index contributed by atoms with van der Waals surface area (Å²) in [5, 5.41) is 14.9. The molecule has 1 saturated carbocycles. The maximum Gasteiger partial charge on any atom is 0.412 e. The van der Waals surface area contributed by atoms with Gasteiger partial charge in [-0.1, -0.05) is 0 Å². The van der Waals surface area contributed by atoms with E-state index in [0.29, 0.717) is 29.5 Å². The summed E-state index contributed by atoms with van der Waals surface area (Å²) in [6, 6.07) is 1.98. The van der Waals surface area contributed by atoms with Crippen LogP contribution in [0.4, 0.5) is 16.4 Å². The largest absolute Gasteiger partial charge is 0.453 e. The fraction of sp³-hybridized carbons (Fsp3) is 0.312. The van der Waals surface area contributed by atoms with Crippen molar-refractivity contribution in [1.82, 2.24) is 25.2 Å². The van der Waals surface area contributed by atoms with Crippen LogP contribution in [0.1, 0.15) is 18.4 Å². The van der Waals surface area contributed by atoms with Crippen molar-refractivity contribution in [1.29, 1.82) is 0 Å². The summed E-state index contributed by atoms with van der Waals surface area (Å²) >= 11 is 0. The molecule has 2 aromatic heterocycles. The van der Waals surface area contributed by atoms with E-state index >= 15 is 0 Å². The van der Waals surface area contributed by atoms with Crippen LogP contribution >= 0.6 is 0 Å². The van der Waals surface area contributed by atoms with Gasteiger partial charge < -0.3 is 20.7 Å². The smallest absolute Gasteiger partial charge is 0.412 e. The summed E-state index contributed by atoms with van der Waals surface area (Å²) in [5.74, 6) is 0.428. The van der Waals surface area contributed by atoms with E-state index in [4.69, 9.17) is 0 Å². The minimum Gasteiger partial charge on any atom is -0.453 e. The number of hydrogen-bond acceptors (Lipinski definition) is 7. The Morgan fingerprint density at radius 3 is 2.78 bits per heavy atom. The summed E-state index contributed by atoms with van der Waals surface area (Å²) in [6.45, 7) is 0. The molecule has 0 saturated heterocycles. The molecular formula is C16H19N7O4. The van der Waals surface area contributed by atoms with Gasteiger partial charge in [0.05, 0.1) is 13.3 Å². The van der Waals surface area contributed by atoms with Crippen LogP contribution in [-0.4, -0.2) is 53.2 Å². The molecule has 1 aliphatic rings. The van der Waals surface area contributed by atoms with E-state index in [1.165, 1.54) is 26.4 Å². The molecule has 1 fully saturated rings. The van der Waals surface area contributed by atoms with Gasteiger partial charge in [0.2, 0.25) is 6.41 Å². The average molecular weight is 373 g/mol. The Bertz CT molecular complexity index is 917. The second-order valence-corrected chi connectivity index (χ2v) is 5.80. The number of methoxy groups -OCH3 is 1. The number of ether oxygens (including phenoxy) is 1. The highest BCUT2D eigenvalue weighted by molar-refractivity contribution is 5.99. The van der Waals surface area contributed by atoms with E-state index in [9.17, 15) is 14.4 Å². The van der Waals surface area contributed by atoms with Crippen molar-refractivity contribution in [3.63, 3.8) is 0 Å². The van der Waals surface area contributed by atoms with Crippen molar-refractivity contribution < 1.29 is 19.1 Å². The number of anilines is 2. The zero-order chi connectivity index (χ0) is 19.4. The first-order chi connectivity index (χ1) is 13.0. The highest BCUT2D eigenvalue weighted by atomic mass is 16.5. The molecule has 3 rings (SSSR count). The zero-order valence-electron chi connectivity index (χ0n) is 14.8. The Morgan fingerprint density at radius 1 is 1.37 bits per heavy atom. The number of amides is 3. The molecule has 0 spiro atoms. The fourth-order valence-electron chi connectivity index (χ4n) is 2.37. The van der Waals surface area contributed by atoms with Crippen LogP contribution in [0.5, 0.6) is 0 Å². The normalized spacial score (nSPS) is 13.8. The summed E-state index contributed by atoms with van der Waals surface area (Å²) < 4.78 is 6.17. The van der Waals surface area contributed by atoms with Crippen molar-refractivity contribution >= 4 is 41.8 Å². The third-order valence-corrected chi connectivity index (χ3v) is 3.83. The maximum atomic E-state index is 11.9. The number of rotatable bonds is 7.